The third-order valence-corrected chi connectivity index (χ3v) is 7.29. The Bertz CT molecular complexity index is 1370. The fourth-order valence-corrected chi connectivity index (χ4v) is 5.76. The molecular weight excluding hydrogens is 438 g/mol. The molecule has 0 aliphatic carbocycles. The summed E-state index contributed by atoms with van der Waals surface area (Å²) >= 11 is 6.04. The number of Topliss-reactive ketones (excluding diaryl/α,β-unsaturated/α-hetero) is 1. The smallest absolute Gasteiger partial charge is 0.235 e. The molecule has 4 unspecified atom stereocenters. The summed E-state index contributed by atoms with van der Waals surface area (Å²) in [6, 6.07) is 13.3. The maximum atomic E-state index is 13.9. The number of carbonyl (C=O) groups is 3. The van der Waals surface area contributed by atoms with E-state index in [0.717, 1.165) is 22.2 Å². The number of likely N-dealkylation sites (tertiary alicyclic amines) is 1. The monoisotopic (exact) mass is 457 g/mol. The van der Waals surface area contributed by atoms with E-state index in [4.69, 9.17) is 11.6 Å². The summed E-state index contributed by atoms with van der Waals surface area (Å²) in [6.45, 7) is 2.08. The molecule has 0 saturated carbocycles. The van der Waals surface area contributed by atoms with Crippen LogP contribution in [0.5, 0.6) is 0 Å². The quantitative estimate of drug-likeness (QED) is 0.439. The minimum absolute atomic E-state index is 0.197. The maximum Gasteiger partial charge on any atom is 0.235 e. The normalized spacial score (nSPS) is 25.4. The van der Waals surface area contributed by atoms with Crippen LogP contribution in [0, 0.1) is 11.8 Å². The number of rotatable bonds is 3. The Morgan fingerprint density at radius 1 is 1.03 bits per heavy atom. The molecule has 2 amide bonds. The minimum atomic E-state index is -0.814. The fourth-order valence-electron chi connectivity index (χ4n) is 5.64. The minimum Gasteiger partial charge on any atom is -0.351 e. The standard InChI is InChI=1S/C26H20ClN3O3/c1-2-29-25(32)19-18-12-9-15-6-5-14-4-3-13-28-21(14)22(15)30(18)23(20(19)26(29)33)24(31)16-7-10-17(27)11-8-16/h3-13,18-20,23H,2H2,1H3. The van der Waals surface area contributed by atoms with Gasteiger partial charge in [-0.2, -0.15) is 0 Å². The van der Waals surface area contributed by atoms with Crippen LogP contribution in [0.3, 0.4) is 0 Å². The summed E-state index contributed by atoms with van der Waals surface area (Å²) in [5.41, 5.74) is 2.93. The number of halogens is 1. The van der Waals surface area contributed by atoms with Crippen LogP contribution in [0.15, 0.2) is 60.8 Å². The van der Waals surface area contributed by atoms with E-state index < -0.39 is 23.9 Å². The van der Waals surface area contributed by atoms with Crippen LogP contribution in [0.2, 0.25) is 5.02 Å². The number of aromatic nitrogens is 1. The molecule has 3 aliphatic rings. The second-order valence-electron chi connectivity index (χ2n) is 8.62. The molecule has 2 fully saturated rings. The van der Waals surface area contributed by atoms with Crippen molar-refractivity contribution in [1.29, 1.82) is 0 Å². The molecule has 3 aromatic rings. The summed E-state index contributed by atoms with van der Waals surface area (Å²) in [7, 11) is 0. The van der Waals surface area contributed by atoms with Crippen molar-refractivity contribution in [2.45, 2.75) is 19.0 Å². The Hall–Kier alpha value is -3.51. The number of imide groups is 1. The molecule has 0 spiro atoms. The number of hydrogen-bond donors (Lipinski definition) is 0. The van der Waals surface area contributed by atoms with Crippen LogP contribution < -0.4 is 4.90 Å². The van der Waals surface area contributed by atoms with Crippen molar-refractivity contribution in [3.05, 3.63) is 77.0 Å². The van der Waals surface area contributed by atoms with E-state index in [9.17, 15) is 14.4 Å². The summed E-state index contributed by atoms with van der Waals surface area (Å²) in [4.78, 5) is 48.5. The number of amides is 2. The molecule has 0 N–H and O–H groups in total. The number of anilines is 1. The molecule has 3 aliphatic heterocycles. The Balaban J connectivity index is 1.58. The molecule has 1 aromatic heterocycles. The highest BCUT2D eigenvalue weighted by molar-refractivity contribution is 6.30. The van der Waals surface area contributed by atoms with Gasteiger partial charge in [-0.15, -0.1) is 0 Å². The third-order valence-electron chi connectivity index (χ3n) is 7.04. The van der Waals surface area contributed by atoms with Gasteiger partial charge >= 0.3 is 0 Å². The van der Waals surface area contributed by atoms with Crippen LogP contribution >= 0.6 is 11.6 Å². The molecule has 0 radical (unpaired) electrons. The van der Waals surface area contributed by atoms with E-state index in [-0.39, 0.29) is 17.6 Å². The van der Waals surface area contributed by atoms with Crippen molar-refractivity contribution in [2.24, 2.45) is 11.8 Å². The number of hydrogen-bond acceptors (Lipinski definition) is 5. The molecule has 7 heteroatoms. The van der Waals surface area contributed by atoms with Gasteiger partial charge < -0.3 is 4.90 Å². The Morgan fingerprint density at radius 2 is 1.79 bits per heavy atom. The van der Waals surface area contributed by atoms with E-state index in [0.29, 0.717) is 17.1 Å². The Labute approximate surface area is 195 Å². The van der Waals surface area contributed by atoms with Gasteiger partial charge in [0.15, 0.2) is 5.78 Å². The number of ketones is 1. The third kappa shape index (κ3) is 2.74. The van der Waals surface area contributed by atoms with Gasteiger partial charge in [0, 0.05) is 28.7 Å². The first-order chi connectivity index (χ1) is 16.0. The molecule has 4 atom stereocenters. The van der Waals surface area contributed by atoms with Crippen molar-refractivity contribution < 1.29 is 14.4 Å². The van der Waals surface area contributed by atoms with Crippen molar-refractivity contribution in [3.63, 3.8) is 0 Å². The van der Waals surface area contributed by atoms with Crippen molar-refractivity contribution in [2.75, 3.05) is 11.4 Å². The van der Waals surface area contributed by atoms with Gasteiger partial charge in [0.2, 0.25) is 11.8 Å². The van der Waals surface area contributed by atoms with Gasteiger partial charge in [-0.25, -0.2) is 0 Å². The SMILES string of the molecule is CCN1C(=O)C2C(C1=O)C(C(=O)c1ccc(Cl)cc1)N1c3c(ccc4cccnc34)C=CC21. The van der Waals surface area contributed by atoms with Gasteiger partial charge in [0.25, 0.3) is 0 Å². The predicted octanol–water partition coefficient (Wildman–Crippen LogP) is 3.98. The topological polar surface area (TPSA) is 70.6 Å². The maximum absolute atomic E-state index is 13.9. The molecule has 4 heterocycles. The van der Waals surface area contributed by atoms with Gasteiger partial charge in [0.05, 0.1) is 29.1 Å². The first-order valence-electron chi connectivity index (χ1n) is 11.0. The summed E-state index contributed by atoms with van der Waals surface area (Å²) in [6.07, 6.45) is 5.65. The van der Waals surface area contributed by atoms with Crippen LogP contribution in [0.1, 0.15) is 22.8 Å². The number of pyridine rings is 1. The lowest BCUT2D eigenvalue weighted by atomic mass is 9.86. The fraction of sp³-hybridized carbons (Fsp3) is 0.231. The molecule has 0 bridgehead atoms. The van der Waals surface area contributed by atoms with Gasteiger partial charge in [-0.05, 0) is 42.8 Å². The highest BCUT2D eigenvalue weighted by atomic mass is 35.5. The second-order valence-corrected chi connectivity index (χ2v) is 9.06. The van der Waals surface area contributed by atoms with E-state index in [1.807, 2.05) is 41.3 Å². The van der Waals surface area contributed by atoms with E-state index in [1.165, 1.54) is 4.90 Å². The Kier molecular flexibility index (Phi) is 4.42. The zero-order chi connectivity index (χ0) is 22.9. The largest absolute Gasteiger partial charge is 0.351 e. The highest BCUT2D eigenvalue weighted by Crippen LogP contribution is 2.50. The summed E-state index contributed by atoms with van der Waals surface area (Å²) in [5.74, 6) is -2.05. The molecule has 6 nitrogen and oxygen atoms in total. The number of nitrogens with zero attached hydrogens (tertiary/aromatic N) is 3. The molecule has 2 aromatic carbocycles. The van der Waals surface area contributed by atoms with Crippen LogP contribution in [0.4, 0.5) is 5.69 Å². The predicted molar refractivity (Wildman–Crippen MR) is 126 cm³/mol. The van der Waals surface area contributed by atoms with Gasteiger partial charge in [0.1, 0.15) is 6.04 Å². The van der Waals surface area contributed by atoms with Crippen LogP contribution in [-0.4, -0.2) is 46.1 Å². The zero-order valence-corrected chi connectivity index (χ0v) is 18.6. The second kappa shape index (κ2) is 7.25. The number of carbonyl (C=O) groups excluding carboxylic acids is 3. The van der Waals surface area contributed by atoms with E-state index >= 15 is 0 Å². The summed E-state index contributed by atoms with van der Waals surface area (Å²) < 4.78 is 0. The molecular formula is C26H20ClN3O3. The van der Waals surface area contributed by atoms with Crippen molar-refractivity contribution in [1.82, 2.24) is 9.88 Å². The average Bonchev–Trinajstić information content (AvgIpc) is 3.31. The average molecular weight is 458 g/mol. The first kappa shape index (κ1) is 20.1. The van der Waals surface area contributed by atoms with Gasteiger partial charge in [-0.1, -0.05) is 42.0 Å². The van der Waals surface area contributed by atoms with Gasteiger partial charge in [-0.3, -0.25) is 24.3 Å². The molecule has 6 rings (SSSR count). The highest BCUT2D eigenvalue weighted by Gasteiger charge is 2.63. The molecule has 33 heavy (non-hydrogen) atoms. The van der Waals surface area contributed by atoms with Crippen molar-refractivity contribution in [3.8, 4) is 0 Å². The van der Waals surface area contributed by atoms with E-state index in [1.54, 1.807) is 37.4 Å². The molecule has 2 saturated heterocycles. The van der Waals surface area contributed by atoms with Crippen LogP contribution in [0.25, 0.3) is 17.0 Å². The lowest BCUT2D eigenvalue weighted by Crippen LogP contribution is -2.48. The number of fused-ring (bicyclic) bond motifs is 7. The van der Waals surface area contributed by atoms with E-state index in [2.05, 4.69) is 4.98 Å². The number of benzene rings is 2. The summed E-state index contributed by atoms with van der Waals surface area (Å²) in [5, 5.41) is 1.47. The van der Waals surface area contributed by atoms with Crippen molar-refractivity contribution >= 4 is 51.9 Å². The molecule has 164 valence electrons. The zero-order valence-electron chi connectivity index (χ0n) is 17.8. The van der Waals surface area contributed by atoms with Crippen LogP contribution in [-0.2, 0) is 9.59 Å². The lowest BCUT2D eigenvalue weighted by Gasteiger charge is -2.37. The lowest BCUT2D eigenvalue weighted by molar-refractivity contribution is -0.140. The first-order valence-corrected chi connectivity index (χ1v) is 11.4. The Morgan fingerprint density at radius 3 is 2.55 bits per heavy atom.